The normalized spacial score (nSPS) is 17.2. The molecule has 2 amide bonds. The molecule has 0 saturated carbocycles. The van der Waals surface area contributed by atoms with Crippen molar-refractivity contribution >= 4 is 18.0 Å². The van der Waals surface area contributed by atoms with Gasteiger partial charge in [0.05, 0.1) is 12.1 Å². The summed E-state index contributed by atoms with van der Waals surface area (Å²) in [4.78, 5) is 36.4. The molecule has 170 valence electrons. The minimum absolute atomic E-state index is 0.0951. The summed E-state index contributed by atoms with van der Waals surface area (Å²) in [5, 5.41) is 19.1. The number of alkyl carbamates (subject to hydrolysis) is 1. The van der Waals surface area contributed by atoms with Crippen LogP contribution in [0.3, 0.4) is 0 Å². The van der Waals surface area contributed by atoms with Crippen LogP contribution in [0.15, 0.2) is 60.7 Å². The van der Waals surface area contributed by atoms with Crippen molar-refractivity contribution < 1.29 is 24.2 Å². The zero-order valence-electron chi connectivity index (χ0n) is 17.8. The molecule has 1 aliphatic rings. The lowest BCUT2D eigenvalue weighted by molar-refractivity contribution is -0.139. The van der Waals surface area contributed by atoms with Gasteiger partial charge < -0.3 is 25.8 Å². The van der Waals surface area contributed by atoms with Crippen LogP contribution in [0.2, 0.25) is 0 Å². The summed E-state index contributed by atoms with van der Waals surface area (Å²) >= 11 is 0. The standard InChI is InChI=1S/C24H29N3O5/c28-21(13-15-26-24(31)32-23(30)19-12-7-14-25-19)20(16-17-8-3-1-4-9-17)27-22(29)18-10-5-2-6-11-18/h1-6,8-11,19-21,25,28H,7,12-16H2,(H,26,31)(H,27,29)/t19-,20-,21?/m0/s1. The number of carbonyl (C=O) groups excluding carboxylic acids is 3. The molecule has 1 saturated heterocycles. The van der Waals surface area contributed by atoms with Crippen LogP contribution in [0.4, 0.5) is 4.79 Å². The number of nitrogens with one attached hydrogen (secondary N) is 3. The van der Waals surface area contributed by atoms with Gasteiger partial charge in [-0.1, -0.05) is 48.5 Å². The number of aliphatic hydroxyl groups is 1. The van der Waals surface area contributed by atoms with Crippen molar-refractivity contribution in [3.63, 3.8) is 0 Å². The molecule has 2 aromatic carbocycles. The average Bonchev–Trinajstić information content (AvgIpc) is 3.35. The van der Waals surface area contributed by atoms with Crippen molar-refractivity contribution in [2.75, 3.05) is 13.1 Å². The molecule has 32 heavy (non-hydrogen) atoms. The summed E-state index contributed by atoms with van der Waals surface area (Å²) in [6.45, 7) is 0.822. The van der Waals surface area contributed by atoms with Crippen LogP contribution in [0, 0.1) is 0 Å². The molecule has 0 bridgehead atoms. The fourth-order valence-corrected chi connectivity index (χ4v) is 3.60. The van der Waals surface area contributed by atoms with Gasteiger partial charge in [-0.25, -0.2) is 9.59 Å². The van der Waals surface area contributed by atoms with E-state index in [9.17, 15) is 19.5 Å². The van der Waals surface area contributed by atoms with Crippen molar-refractivity contribution in [2.45, 2.75) is 43.9 Å². The van der Waals surface area contributed by atoms with Crippen molar-refractivity contribution in [2.24, 2.45) is 0 Å². The Morgan fingerprint density at radius 3 is 2.41 bits per heavy atom. The Kier molecular flexibility index (Phi) is 8.77. The zero-order valence-corrected chi connectivity index (χ0v) is 17.8. The van der Waals surface area contributed by atoms with E-state index in [1.807, 2.05) is 36.4 Å². The molecule has 1 unspecified atom stereocenters. The van der Waals surface area contributed by atoms with Crippen LogP contribution in [0.25, 0.3) is 0 Å². The molecule has 4 N–H and O–H groups in total. The minimum Gasteiger partial charge on any atom is -0.391 e. The third-order valence-corrected chi connectivity index (χ3v) is 5.36. The van der Waals surface area contributed by atoms with Crippen molar-refractivity contribution in [1.82, 2.24) is 16.0 Å². The molecule has 0 radical (unpaired) electrons. The Morgan fingerprint density at radius 1 is 1.06 bits per heavy atom. The fourth-order valence-electron chi connectivity index (χ4n) is 3.60. The molecule has 1 fully saturated rings. The van der Waals surface area contributed by atoms with E-state index < -0.39 is 30.3 Å². The number of ether oxygens (including phenoxy) is 1. The number of benzene rings is 2. The molecule has 1 aliphatic heterocycles. The minimum atomic E-state index is -0.921. The lowest BCUT2D eigenvalue weighted by atomic mass is 9.98. The highest BCUT2D eigenvalue weighted by Crippen LogP contribution is 2.11. The third-order valence-electron chi connectivity index (χ3n) is 5.36. The van der Waals surface area contributed by atoms with E-state index in [2.05, 4.69) is 16.0 Å². The van der Waals surface area contributed by atoms with Gasteiger partial charge in [0, 0.05) is 12.1 Å². The molecule has 2 aromatic rings. The first-order chi connectivity index (χ1) is 15.5. The molecule has 3 atom stereocenters. The van der Waals surface area contributed by atoms with Crippen molar-refractivity contribution in [3.8, 4) is 0 Å². The van der Waals surface area contributed by atoms with Crippen LogP contribution in [0.5, 0.6) is 0 Å². The van der Waals surface area contributed by atoms with Gasteiger partial charge in [0.25, 0.3) is 5.91 Å². The highest BCUT2D eigenvalue weighted by Gasteiger charge is 2.26. The summed E-state index contributed by atoms with van der Waals surface area (Å²) < 4.78 is 4.79. The molecule has 0 aliphatic carbocycles. The topological polar surface area (TPSA) is 117 Å². The second-order valence-corrected chi connectivity index (χ2v) is 7.78. The quantitative estimate of drug-likeness (QED) is 0.350. The Bertz CT molecular complexity index is 885. The highest BCUT2D eigenvalue weighted by molar-refractivity contribution is 5.94. The highest BCUT2D eigenvalue weighted by atomic mass is 16.6. The van der Waals surface area contributed by atoms with Crippen molar-refractivity contribution in [3.05, 3.63) is 71.8 Å². The maximum absolute atomic E-state index is 12.6. The van der Waals surface area contributed by atoms with Crippen LogP contribution in [-0.4, -0.2) is 54.4 Å². The maximum Gasteiger partial charge on any atom is 0.414 e. The van der Waals surface area contributed by atoms with Crippen molar-refractivity contribution in [1.29, 1.82) is 0 Å². The van der Waals surface area contributed by atoms with Gasteiger partial charge >= 0.3 is 12.1 Å². The summed E-state index contributed by atoms with van der Waals surface area (Å²) in [5.41, 5.74) is 1.46. The predicted molar refractivity (Wildman–Crippen MR) is 119 cm³/mol. The molecule has 0 aromatic heterocycles. The van der Waals surface area contributed by atoms with Gasteiger partial charge in [0.15, 0.2) is 0 Å². The first-order valence-electron chi connectivity index (χ1n) is 10.8. The third kappa shape index (κ3) is 7.18. The second kappa shape index (κ2) is 12.0. The SMILES string of the molecule is O=C(NCCC(O)[C@H](Cc1ccccc1)NC(=O)c1ccccc1)OC(=O)[C@@H]1CCCN1. The van der Waals surface area contributed by atoms with E-state index >= 15 is 0 Å². The number of aliphatic hydroxyl groups excluding tert-OH is 1. The summed E-state index contributed by atoms with van der Waals surface area (Å²) in [6, 6.07) is 17.3. The van der Waals surface area contributed by atoms with Gasteiger partial charge in [0.1, 0.15) is 6.04 Å². The molecule has 0 spiro atoms. The van der Waals surface area contributed by atoms with E-state index in [1.54, 1.807) is 24.3 Å². The largest absolute Gasteiger partial charge is 0.414 e. The van der Waals surface area contributed by atoms with E-state index in [4.69, 9.17) is 4.74 Å². The maximum atomic E-state index is 12.6. The van der Waals surface area contributed by atoms with Gasteiger partial charge in [-0.05, 0) is 49.9 Å². The lowest BCUT2D eigenvalue weighted by Gasteiger charge is -2.24. The van der Waals surface area contributed by atoms with E-state index in [1.165, 1.54) is 0 Å². The monoisotopic (exact) mass is 439 g/mol. The summed E-state index contributed by atoms with van der Waals surface area (Å²) in [6.07, 6.45) is 0.353. The van der Waals surface area contributed by atoms with E-state index in [0.717, 1.165) is 18.5 Å². The lowest BCUT2D eigenvalue weighted by Crippen LogP contribution is -2.46. The first kappa shape index (κ1) is 23.4. The average molecular weight is 440 g/mol. The molecule has 8 heteroatoms. The molecule has 3 rings (SSSR count). The van der Waals surface area contributed by atoms with Gasteiger partial charge in [-0.15, -0.1) is 0 Å². The van der Waals surface area contributed by atoms with Crippen LogP contribution < -0.4 is 16.0 Å². The number of carbonyl (C=O) groups is 3. The first-order valence-corrected chi connectivity index (χ1v) is 10.8. The summed E-state index contributed by atoms with van der Waals surface area (Å²) in [7, 11) is 0. The van der Waals surface area contributed by atoms with Crippen LogP contribution in [0.1, 0.15) is 35.2 Å². The van der Waals surface area contributed by atoms with Gasteiger partial charge in [-0.3, -0.25) is 4.79 Å². The Balaban J connectivity index is 1.53. The number of hydrogen-bond acceptors (Lipinski definition) is 6. The smallest absolute Gasteiger partial charge is 0.391 e. The molecule has 8 nitrogen and oxygen atoms in total. The fraction of sp³-hybridized carbons (Fsp3) is 0.375. The van der Waals surface area contributed by atoms with Crippen LogP contribution >= 0.6 is 0 Å². The second-order valence-electron chi connectivity index (χ2n) is 7.78. The molecular formula is C24H29N3O5. The van der Waals surface area contributed by atoms with Crippen LogP contribution in [-0.2, 0) is 16.0 Å². The van der Waals surface area contributed by atoms with E-state index in [0.29, 0.717) is 18.4 Å². The summed E-state index contributed by atoms with van der Waals surface area (Å²) in [5.74, 6) is -0.884. The van der Waals surface area contributed by atoms with Gasteiger partial charge in [-0.2, -0.15) is 0 Å². The number of esters is 1. The Morgan fingerprint density at radius 2 is 1.75 bits per heavy atom. The number of hydrogen-bond donors (Lipinski definition) is 4. The number of amides is 2. The zero-order chi connectivity index (χ0) is 22.8. The Hall–Kier alpha value is -3.23. The number of rotatable bonds is 9. The Labute approximate surface area is 187 Å². The van der Waals surface area contributed by atoms with E-state index in [-0.39, 0.29) is 18.9 Å². The molecule has 1 heterocycles. The van der Waals surface area contributed by atoms with Gasteiger partial charge in [0.2, 0.25) is 0 Å². The predicted octanol–water partition coefficient (Wildman–Crippen LogP) is 1.78. The molecular weight excluding hydrogens is 410 g/mol.